The number of carbonyl (C=O) groups is 2. The zero-order valence-corrected chi connectivity index (χ0v) is 56.0. The number of allylic oxidation sites excluding steroid dienone is 13. The van der Waals surface area contributed by atoms with Crippen LogP contribution in [0.4, 0.5) is 0 Å². The number of unbranched alkanes of at least 4 members (excludes halogenated alkanes) is 35. The van der Waals surface area contributed by atoms with Crippen molar-refractivity contribution in [2.75, 3.05) is 40.9 Å². The van der Waals surface area contributed by atoms with Crippen molar-refractivity contribution in [3.05, 3.63) is 85.1 Å². The summed E-state index contributed by atoms with van der Waals surface area (Å²) in [5.74, 6) is -0.561. The third-order valence-electron chi connectivity index (χ3n) is 15.3. The normalized spacial score (nSPS) is 14.1. The van der Waals surface area contributed by atoms with E-state index >= 15 is 0 Å². The number of amides is 1. The second-order valence-corrected chi connectivity index (χ2v) is 26.1. The van der Waals surface area contributed by atoms with Gasteiger partial charge in [0.15, 0.2) is 0 Å². The topological polar surface area (TPSA) is 114 Å². The summed E-state index contributed by atoms with van der Waals surface area (Å²) >= 11 is 0. The SMILES string of the molecule is CCCCC/C=C\C/C=C\C/C=C\CCCCCCCCCCCCCCCCC(=O)NC(COP(=O)([O-])OCC[N+](C)(C)C)C(/C=C\CCCCCCCCCCCCC)OC(=O)CCCCCC/C=C\C/C=C\C/C=C\CCCCC. The smallest absolute Gasteiger partial charge is 0.306 e. The fourth-order valence-electron chi connectivity index (χ4n) is 9.89. The van der Waals surface area contributed by atoms with E-state index in [1.807, 2.05) is 33.3 Å². The zero-order valence-electron chi connectivity index (χ0n) is 55.1. The van der Waals surface area contributed by atoms with Crippen LogP contribution in [-0.2, 0) is 27.9 Å². The molecule has 0 fully saturated rings. The van der Waals surface area contributed by atoms with E-state index in [0.717, 1.165) is 89.9 Å². The zero-order chi connectivity index (χ0) is 60.7. The number of quaternary nitrogens is 1. The summed E-state index contributed by atoms with van der Waals surface area (Å²) < 4.78 is 30.4. The quantitative estimate of drug-likeness (QED) is 0.0212. The first-order valence-corrected chi connectivity index (χ1v) is 36.4. The van der Waals surface area contributed by atoms with Gasteiger partial charge < -0.3 is 28.5 Å². The number of rotatable bonds is 63. The lowest BCUT2D eigenvalue weighted by molar-refractivity contribution is -0.870. The van der Waals surface area contributed by atoms with Crippen LogP contribution in [0, 0.1) is 0 Å². The Morgan fingerprint density at radius 1 is 0.422 bits per heavy atom. The van der Waals surface area contributed by atoms with Crippen LogP contribution in [0.25, 0.3) is 0 Å². The van der Waals surface area contributed by atoms with Gasteiger partial charge in [0.2, 0.25) is 5.91 Å². The molecule has 0 bridgehead atoms. The summed E-state index contributed by atoms with van der Waals surface area (Å²) in [4.78, 5) is 40.1. The molecule has 482 valence electrons. The monoisotopic (exact) mass is 1180 g/mol. The minimum absolute atomic E-state index is 0.0284. The highest BCUT2D eigenvalue weighted by Crippen LogP contribution is 2.38. The molecule has 0 aromatic carbocycles. The van der Waals surface area contributed by atoms with Gasteiger partial charge in [-0.05, 0) is 109 Å². The fraction of sp³-hybridized carbons (Fsp3) is 0.781. The van der Waals surface area contributed by atoms with Gasteiger partial charge in [-0.3, -0.25) is 14.2 Å². The first-order valence-electron chi connectivity index (χ1n) is 34.9. The van der Waals surface area contributed by atoms with Gasteiger partial charge in [0, 0.05) is 12.8 Å². The standard InChI is InChI=1S/C73H133N2O7P/c1-7-10-13-16-19-22-25-28-30-32-33-34-35-36-37-38-39-40-41-43-44-47-50-53-56-59-62-65-72(76)74-70(69-81-83(78,79)80-68-67-75(4,5)6)71(64-61-58-55-52-49-46-27-24-21-18-15-12-9-3)82-73(77)66-63-60-57-54-51-48-45-42-31-29-26-23-20-17-14-11-8-2/h19-20,22-23,28-31,33-34,45,48,61,64,70-71H,7-18,21,24-27,32,35-44,46-47,49-60,62-63,65-69H2,1-6H3,(H-,74,76,78,79)/b22-19-,23-20-,30-28-,31-29-,34-33-,48-45-,64-61-. The van der Waals surface area contributed by atoms with Crippen molar-refractivity contribution in [3.8, 4) is 0 Å². The molecule has 9 nitrogen and oxygen atoms in total. The van der Waals surface area contributed by atoms with E-state index in [-0.39, 0.29) is 24.9 Å². The molecule has 3 atom stereocenters. The molecule has 0 heterocycles. The van der Waals surface area contributed by atoms with E-state index in [4.69, 9.17) is 13.8 Å². The number of nitrogens with zero attached hydrogens (tertiary/aromatic N) is 1. The molecule has 0 aromatic rings. The van der Waals surface area contributed by atoms with Crippen molar-refractivity contribution in [1.82, 2.24) is 5.32 Å². The molecule has 0 saturated heterocycles. The first kappa shape index (κ1) is 80.2. The minimum Gasteiger partial charge on any atom is -0.756 e. The van der Waals surface area contributed by atoms with Crippen molar-refractivity contribution in [1.29, 1.82) is 0 Å². The molecule has 0 aliphatic rings. The number of ether oxygens (including phenoxy) is 1. The number of carbonyl (C=O) groups excluding carboxylic acids is 2. The molecule has 0 aliphatic carbocycles. The molecule has 10 heteroatoms. The maximum atomic E-state index is 13.6. The van der Waals surface area contributed by atoms with Gasteiger partial charge in [-0.2, -0.15) is 0 Å². The lowest BCUT2D eigenvalue weighted by Crippen LogP contribution is -2.47. The Bertz CT molecular complexity index is 1700. The second kappa shape index (κ2) is 62.2. The van der Waals surface area contributed by atoms with E-state index in [0.29, 0.717) is 23.9 Å². The molecular weight excluding hydrogens is 1050 g/mol. The predicted octanol–water partition coefficient (Wildman–Crippen LogP) is 21.5. The maximum Gasteiger partial charge on any atom is 0.306 e. The lowest BCUT2D eigenvalue weighted by atomic mass is 10.0. The molecule has 0 saturated carbocycles. The van der Waals surface area contributed by atoms with Gasteiger partial charge in [-0.15, -0.1) is 0 Å². The fourth-order valence-corrected chi connectivity index (χ4v) is 10.6. The van der Waals surface area contributed by atoms with Crippen LogP contribution in [0.5, 0.6) is 0 Å². The van der Waals surface area contributed by atoms with Crippen LogP contribution in [0.1, 0.15) is 316 Å². The van der Waals surface area contributed by atoms with Crippen molar-refractivity contribution in [2.45, 2.75) is 328 Å². The van der Waals surface area contributed by atoms with Crippen molar-refractivity contribution >= 4 is 19.7 Å². The largest absolute Gasteiger partial charge is 0.756 e. The van der Waals surface area contributed by atoms with Gasteiger partial charge in [-0.1, -0.05) is 280 Å². The Balaban J connectivity index is 5.10. The van der Waals surface area contributed by atoms with E-state index in [1.165, 1.54) is 186 Å². The molecule has 0 aromatic heterocycles. The van der Waals surface area contributed by atoms with Crippen molar-refractivity contribution < 1.29 is 37.3 Å². The summed E-state index contributed by atoms with van der Waals surface area (Å²) in [5.41, 5.74) is 0. The lowest BCUT2D eigenvalue weighted by Gasteiger charge is -2.30. The number of esters is 1. The Morgan fingerprint density at radius 3 is 1.12 bits per heavy atom. The molecule has 1 N–H and O–H groups in total. The second-order valence-electron chi connectivity index (χ2n) is 24.7. The highest BCUT2D eigenvalue weighted by atomic mass is 31.2. The number of nitrogens with one attached hydrogen (secondary N) is 1. The third-order valence-corrected chi connectivity index (χ3v) is 16.3. The van der Waals surface area contributed by atoms with Crippen molar-refractivity contribution in [3.63, 3.8) is 0 Å². The summed E-state index contributed by atoms with van der Waals surface area (Å²) in [7, 11) is 1.17. The van der Waals surface area contributed by atoms with Gasteiger partial charge in [0.05, 0.1) is 33.8 Å². The molecule has 3 unspecified atom stereocenters. The highest BCUT2D eigenvalue weighted by molar-refractivity contribution is 7.45. The number of phosphoric acid groups is 1. The summed E-state index contributed by atoms with van der Waals surface area (Å²) in [6.45, 7) is 6.80. The van der Waals surface area contributed by atoms with Crippen LogP contribution < -0.4 is 10.2 Å². The van der Waals surface area contributed by atoms with Gasteiger partial charge in [0.25, 0.3) is 7.82 Å². The summed E-state index contributed by atoms with van der Waals surface area (Å²) in [6, 6.07) is -0.902. The molecule has 83 heavy (non-hydrogen) atoms. The third kappa shape index (κ3) is 63.5. The summed E-state index contributed by atoms with van der Waals surface area (Å²) in [6.07, 6.45) is 82.7. The Hall–Kier alpha value is -2.81. The molecular formula is C73H133N2O7P. The van der Waals surface area contributed by atoms with E-state index in [1.54, 1.807) is 0 Å². The van der Waals surface area contributed by atoms with Crippen LogP contribution in [0.2, 0.25) is 0 Å². The molecule has 0 radical (unpaired) electrons. The molecule has 0 aliphatic heterocycles. The minimum atomic E-state index is -4.71. The Kier molecular flexibility index (Phi) is 60.1. The Labute approximate surface area is 514 Å². The summed E-state index contributed by atoms with van der Waals surface area (Å²) in [5, 5.41) is 3.04. The van der Waals surface area contributed by atoms with Gasteiger partial charge in [-0.25, -0.2) is 0 Å². The average Bonchev–Trinajstić information content (AvgIpc) is 3.47. The van der Waals surface area contributed by atoms with Crippen LogP contribution in [0.15, 0.2) is 85.1 Å². The molecule has 0 spiro atoms. The first-order chi connectivity index (χ1) is 40.4. The number of phosphoric ester groups is 1. The van der Waals surface area contributed by atoms with Crippen LogP contribution in [0.3, 0.4) is 0 Å². The Morgan fingerprint density at radius 2 is 0.735 bits per heavy atom. The molecule has 1 amide bonds. The average molecular weight is 1180 g/mol. The maximum absolute atomic E-state index is 13.6. The van der Waals surface area contributed by atoms with E-state index < -0.39 is 26.6 Å². The number of hydrogen-bond acceptors (Lipinski definition) is 7. The number of hydrogen-bond donors (Lipinski definition) is 1. The molecule has 0 rings (SSSR count). The van der Waals surface area contributed by atoms with E-state index in [2.05, 4.69) is 99.0 Å². The predicted molar refractivity (Wildman–Crippen MR) is 358 cm³/mol. The van der Waals surface area contributed by atoms with Gasteiger partial charge >= 0.3 is 5.97 Å². The highest BCUT2D eigenvalue weighted by Gasteiger charge is 2.27. The van der Waals surface area contributed by atoms with Crippen molar-refractivity contribution in [2.24, 2.45) is 0 Å². The van der Waals surface area contributed by atoms with Crippen LogP contribution in [-0.4, -0.2) is 69.4 Å². The van der Waals surface area contributed by atoms with E-state index in [9.17, 15) is 19.0 Å². The number of likely N-dealkylation sites (N-methyl/N-ethyl adjacent to an activating group) is 1. The van der Waals surface area contributed by atoms with Crippen LogP contribution >= 0.6 is 7.82 Å². The van der Waals surface area contributed by atoms with Gasteiger partial charge in [0.1, 0.15) is 19.3 Å².